The topological polar surface area (TPSA) is 154 Å². The molecule has 0 atom stereocenters. The van der Waals surface area contributed by atoms with Crippen molar-refractivity contribution in [2.75, 3.05) is 22.9 Å². The monoisotopic (exact) mass is 599 g/mol. The molecular formula is C29H29F4N7O3. The fourth-order valence-corrected chi connectivity index (χ4v) is 4.56. The fraction of sp³-hybridized carbons (Fsp3) is 0.276. The minimum Gasteiger partial charge on any atom is -0.397 e. The number of aryl methyl sites for hydroxylation is 1. The highest BCUT2D eigenvalue weighted by Crippen LogP contribution is 2.33. The van der Waals surface area contributed by atoms with Crippen LogP contribution in [-0.4, -0.2) is 41.2 Å². The number of hydrogen-bond acceptors (Lipinski definition) is 6. The number of carbonyl (C=O) groups excluding carboxylic acids is 3. The molecule has 10 nitrogen and oxygen atoms in total. The van der Waals surface area contributed by atoms with Gasteiger partial charge in [0.25, 0.3) is 11.8 Å². The number of H-pyrrole nitrogens is 1. The number of nitrogens with two attached hydrogens (primary N) is 1. The molecule has 1 aliphatic rings. The molecule has 0 aliphatic carbocycles. The first-order chi connectivity index (χ1) is 20.3. The number of amides is 3. The highest BCUT2D eigenvalue weighted by atomic mass is 19.4. The number of alkyl halides is 3. The van der Waals surface area contributed by atoms with Crippen LogP contribution < -0.4 is 21.7 Å². The first kappa shape index (κ1) is 30.9. The molecule has 0 bridgehead atoms. The van der Waals surface area contributed by atoms with Gasteiger partial charge < -0.3 is 26.7 Å². The molecule has 14 heteroatoms. The lowest BCUT2D eigenvalue weighted by Crippen LogP contribution is -2.25. The molecule has 0 unspecified atom stereocenters. The lowest BCUT2D eigenvalue weighted by atomic mass is 10.1. The summed E-state index contributed by atoms with van der Waals surface area (Å²) in [6.07, 6.45) is -1.29. The van der Waals surface area contributed by atoms with Gasteiger partial charge in [-0.2, -0.15) is 18.3 Å². The molecule has 1 aliphatic heterocycles. The Balaban J connectivity index is 1.23. The molecular weight excluding hydrogens is 570 g/mol. The van der Waals surface area contributed by atoms with Crippen molar-refractivity contribution in [1.29, 1.82) is 0 Å². The molecule has 0 spiro atoms. The second kappa shape index (κ2) is 12.9. The van der Waals surface area contributed by atoms with Crippen molar-refractivity contribution in [1.82, 2.24) is 10.3 Å². The number of nitrogens with one attached hydrogen (secondary N) is 4. The smallest absolute Gasteiger partial charge is 0.397 e. The predicted octanol–water partition coefficient (Wildman–Crippen LogP) is 5.08. The van der Waals surface area contributed by atoms with Crippen LogP contribution in [0.1, 0.15) is 64.1 Å². The number of nitrogen functional groups attached to an aromatic ring is 1. The summed E-state index contributed by atoms with van der Waals surface area (Å²) in [5.41, 5.74) is 7.61. The van der Waals surface area contributed by atoms with Gasteiger partial charge in [-0.1, -0.05) is 6.42 Å². The minimum atomic E-state index is -4.52. The van der Waals surface area contributed by atoms with E-state index in [9.17, 15) is 31.9 Å². The Morgan fingerprint density at radius 1 is 1.07 bits per heavy atom. The second-order valence-electron chi connectivity index (χ2n) is 9.92. The summed E-state index contributed by atoms with van der Waals surface area (Å²) in [6.45, 7) is 3.83. The van der Waals surface area contributed by atoms with E-state index in [0.717, 1.165) is 18.2 Å². The molecule has 0 fully saturated rings. The van der Waals surface area contributed by atoms with E-state index in [1.165, 1.54) is 24.4 Å². The summed E-state index contributed by atoms with van der Waals surface area (Å²) < 4.78 is 51.9. The van der Waals surface area contributed by atoms with Crippen LogP contribution in [0.25, 0.3) is 0 Å². The maximum Gasteiger partial charge on any atom is 0.416 e. The number of carbonyl (C=O) groups is 3. The molecule has 3 amide bonds. The maximum absolute atomic E-state index is 13.6. The van der Waals surface area contributed by atoms with E-state index in [1.54, 1.807) is 13.8 Å². The van der Waals surface area contributed by atoms with E-state index < -0.39 is 23.5 Å². The lowest BCUT2D eigenvalue weighted by molar-refractivity contribution is -0.137. The summed E-state index contributed by atoms with van der Waals surface area (Å²) in [4.78, 5) is 40.2. The Morgan fingerprint density at radius 2 is 1.84 bits per heavy atom. The number of benzene rings is 2. The van der Waals surface area contributed by atoms with Crippen LogP contribution in [0.4, 0.5) is 34.6 Å². The number of unbranched alkanes of at least 4 members (excludes halogenated alkanes) is 2. The van der Waals surface area contributed by atoms with Gasteiger partial charge in [0.15, 0.2) is 5.71 Å². The Labute approximate surface area is 243 Å². The number of aromatic amines is 1. The molecule has 0 saturated carbocycles. The summed E-state index contributed by atoms with van der Waals surface area (Å²) in [5.74, 6) is -1.68. The van der Waals surface area contributed by atoms with Crippen molar-refractivity contribution in [2.45, 2.75) is 45.7 Å². The van der Waals surface area contributed by atoms with Crippen molar-refractivity contribution in [3.05, 3.63) is 75.9 Å². The molecule has 2 heterocycles. The zero-order chi connectivity index (χ0) is 31.3. The summed E-state index contributed by atoms with van der Waals surface area (Å²) >= 11 is 0. The average molecular weight is 600 g/mol. The third-order valence-corrected chi connectivity index (χ3v) is 6.77. The van der Waals surface area contributed by atoms with Crippen molar-refractivity contribution < 1.29 is 31.9 Å². The quantitative estimate of drug-likeness (QED) is 0.0725. The number of anilines is 3. The van der Waals surface area contributed by atoms with Gasteiger partial charge in [-0.05, 0) is 68.7 Å². The zero-order valence-electron chi connectivity index (χ0n) is 23.3. The number of fused-ring (bicyclic) bond motifs is 1. The van der Waals surface area contributed by atoms with Gasteiger partial charge in [-0.3, -0.25) is 14.4 Å². The van der Waals surface area contributed by atoms with Crippen LogP contribution in [0.15, 0.2) is 46.6 Å². The van der Waals surface area contributed by atoms with Gasteiger partial charge in [0.05, 0.1) is 40.1 Å². The number of halogens is 4. The van der Waals surface area contributed by atoms with Crippen LogP contribution in [-0.2, 0) is 15.8 Å². The van der Waals surface area contributed by atoms with E-state index in [0.29, 0.717) is 59.6 Å². The molecule has 3 aromatic rings. The standard InChI is InChI=1S/C29H29F4N7O3/c1-15-23(14-36-40-26-19-13-18(30)8-10-21(19)39-28(26)43)37-16(2)25(15)27(42)35-11-5-3-4-6-24(41)38-22-9-7-17(12-20(22)34)29(31,32)33/h7-10,12-14,37H,3-6,11,34H2,1-2H3,(H,35,42)(H,38,41)(H,39,40,43)/b36-14+. The van der Waals surface area contributed by atoms with E-state index in [2.05, 4.69) is 31.1 Å². The normalized spacial score (nSPS) is 13.8. The number of hydrogen-bond donors (Lipinski definition) is 5. The molecule has 6 N–H and O–H groups in total. The molecule has 2 aromatic carbocycles. The Kier molecular flexibility index (Phi) is 9.27. The maximum atomic E-state index is 13.6. The van der Waals surface area contributed by atoms with Crippen LogP contribution in [0.2, 0.25) is 0 Å². The van der Waals surface area contributed by atoms with Gasteiger partial charge in [-0.15, -0.1) is 5.10 Å². The Hall–Kier alpha value is -5.01. The van der Waals surface area contributed by atoms with Crippen molar-refractivity contribution >= 4 is 46.7 Å². The Bertz CT molecular complexity index is 1630. The second-order valence-corrected chi connectivity index (χ2v) is 9.92. The molecule has 4 rings (SSSR count). The van der Waals surface area contributed by atoms with Gasteiger partial charge in [0.1, 0.15) is 5.82 Å². The van der Waals surface area contributed by atoms with Crippen molar-refractivity contribution in [3.63, 3.8) is 0 Å². The first-order valence-electron chi connectivity index (χ1n) is 13.3. The summed E-state index contributed by atoms with van der Waals surface area (Å²) in [7, 11) is 0. The average Bonchev–Trinajstić information content (AvgIpc) is 3.40. The largest absolute Gasteiger partial charge is 0.416 e. The van der Waals surface area contributed by atoms with Gasteiger partial charge in [0.2, 0.25) is 5.91 Å². The number of rotatable bonds is 10. The molecule has 1 aromatic heterocycles. The van der Waals surface area contributed by atoms with Crippen molar-refractivity contribution in [3.8, 4) is 0 Å². The van der Waals surface area contributed by atoms with Crippen LogP contribution in [0.3, 0.4) is 0 Å². The van der Waals surface area contributed by atoms with Gasteiger partial charge >= 0.3 is 6.18 Å². The van der Waals surface area contributed by atoms with E-state index in [-0.39, 0.29) is 35.3 Å². The molecule has 226 valence electrons. The summed E-state index contributed by atoms with van der Waals surface area (Å²) in [6, 6.07) is 6.62. The van der Waals surface area contributed by atoms with Gasteiger partial charge in [0, 0.05) is 24.2 Å². The zero-order valence-corrected chi connectivity index (χ0v) is 23.3. The summed E-state index contributed by atoms with van der Waals surface area (Å²) in [5, 5.41) is 15.9. The van der Waals surface area contributed by atoms with E-state index in [4.69, 9.17) is 5.73 Å². The SMILES string of the molecule is Cc1[nH]c(/C=N/N=C2\C(=O)Nc3ccc(F)cc32)c(C)c1C(=O)NCCCCCC(=O)Nc1ccc(C(F)(F)F)cc1N. The number of nitrogens with zero attached hydrogens (tertiary/aromatic N) is 2. The van der Waals surface area contributed by atoms with Crippen LogP contribution >= 0.6 is 0 Å². The molecule has 0 saturated heterocycles. The first-order valence-corrected chi connectivity index (χ1v) is 13.3. The Morgan fingerprint density at radius 3 is 2.56 bits per heavy atom. The lowest BCUT2D eigenvalue weighted by Gasteiger charge is -2.12. The van der Waals surface area contributed by atoms with Crippen molar-refractivity contribution in [2.24, 2.45) is 10.2 Å². The third-order valence-electron chi connectivity index (χ3n) is 6.77. The fourth-order valence-electron chi connectivity index (χ4n) is 4.56. The molecule has 0 radical (unpaired) electrons. The highest BCUT2D eigenvalue weighted by Gasteiger charge is 2.31. The predicted molar refractivity (Wildman–Crippen MR) is 155 cm³/mol. The van der Waals surface area contributed by atoms with Crippen LogP contribution in [0, 0.1) is 19.7 Å². The molecule has 43 heavy (non-hydrogen) atoms. The third kappa shape index (κ3) is 7.45. The highest BCUT2D eigenvalue weighted by molar-refractivity contribution is 6.53. The van der Waals surface area contributed by atoms with E-state index in [1.807, 2.05) is 0 Å². The van der Waals surface area contributed by atoms with E-state index >= 15 is 0 Å². The van der Waals surface area contributed by atoms with Gasteiger partial charge in [-0.25, -0.2) is 4.39 Å². The van der Waals surface area contributed by atoms with Crippen LogP contribution in [0.5, 0.6) is 0 Å². The number of aromatic nitrogens is 1. The minimum absolute atomic E-state index is 0.0224.